The zero-order chi connectivity index (χ0) is 14.5. The quantitative estimate of drug-likeness (QED) is 0.881. The van der Waals surface area contributed by atoms with E-state index in [0.29, 0.717) is 12.6 Å². The third kappa shape index (κ3) is 4.26. The Morgan fingerprint density at radius 1 is 1.42 bits per heavy atom. The van der Waals surface area contributed by atoms with Crippen LogP contribution in [0.3, 0.4) is 0 Å². The van der Waals surface area contributed by atoms with Crippen molar-refractivity contribution in [1.82, 2.24) is 5.32 Å². The first kappa shape index (κ1) is 15.0. The van der Waals surface area contributed by atoms with Crippen LogP contribution >= 0.6 is 0 Å². The molecule has 0 radical (unpaired) electrons. The van der Waals surface area contributed by atoms with Crippen LogP contribution in [-0.2, 0) is 11.0 Å². The monoisotopic (exact) mass is 271 g/mol. The summed E-state index contributed by atoms with van der Waals surface area (Å²) in [4.78, 5) is 11.4. The van der Waals surface area contributed by atoms with Gasteiger partial charge in [-0.15, -0.1) is 0 Å². The van der Waals surface area contributed by atoms with Crippen molar-refractivity contribution in [3.8, 4) is 6.07 Å². The van der Waals surface area contributed by atoms with Gasteiger partial charge in [-0.3, -0.25) is 4.79 Å². The number of alkyl halides is 3. The minimum atomic E-state index is -4.52. The predicted octanol–water partition coefficient (Wildman–Crippen LogP) is 2.13. The molecule has 0 bridgehead atoms. The maximum Gasteiger partial charge on any atom is 0.416 e. The van der Waals surface area contributed by atoms with Gasteiger partial charge in [0, 0.05) is 0 Å². The van der Waals surface area contributed by atoms with Gasteiger partial charge in [0.05, 0.1) is 23.4 Å². The normalized spacial score (nSPS) is 10.9. The molecule has 0 spiro atoms. The zero-order valence-electron chi connectivity index (χ0n) is 10.1. The number of benzene rings is 1. The summed E-state index contributed by atoms with van der Waals surface area (Å²) < 4.78 is 37.4. The number of halogens is 3. The third-order valence-electron chi connectivity index (χ3n) is 2.28. The standard InChI is InChI=1S/C12H12F3N3O/c1-2-17-7-11(19)18-10-4-3-9(12(13,14)15)5-8(10)6-16/h3-5,17H,2,7H2,1H3,(H,18,19). The van der Waals surface area contributed by atoms with E-state index in [1.165, 1.54) is 0 Å². The molecule has 0 aromatic heterocycles. The molecule has 7 heteroatoms. The fourth-order valence-corrected chi connectivity index (χ4v) is 1.36. The van der Waals surface area contributed by atoms with Crippen LogP contribution in [-0.4, -0.2) is 19.0 Å². The highest BCUT2D eigenvalue weighted by Gasteiger charge is 2.31. The smallest absolute Gasteiger partial charge is 0.324 e. The van der Waals surface area contributed by atoms with E-state index in [1.54, 1.807) is 6.07 Å². The number of hydrogen-bond acceptors (Lipinski definition) is 3. The number of carbonyl (C=O) groups excluding carboxylic acids is 1. The molecule has 0 fully saturated rings. The molecule has 0 aliphatic heterocycles. The highest BCUT2D eigenvalue weighted by Crippen LogP contribution is 2.31. The van der Waals surface area contributed by atoms with Crippen molar-refractivity contribution in [3.05, 3.63) is 29.3 Å². The molecule has 1 amide bonds. The van der Waals surface area contributed by atoms with Crippen molar-refractivity contribution in [2.75, 3.05) is 18.4 Å². The Bertz CT molecular complexity index is 506. The summed E-state index contributed by atoms with van der Waals surface area (Å²) in [6.45, 7) is 2.43. The lowest BCUT2D eigenvalue weighted by atomic mass is 10.1. The van der Waals surface area contributed by atoms with Crippen molar-refractivity contribution in [1.29, 1.82) is 5.26 Å². The second kappa shape index (κ2) is 6.20. The summed E-state index contributed by atoms with van der Waals surface area (Å²) in [5.41, 5.74) is -1.08. The van der Waals surface area contributed by atoms with Gasteiger partial charge in [-0.25, -0.2) is 0 Å². The van der Waals surface area contributed by atoms with E-state index in [-0.39, 0.29) is 17.8 Å². The molecule has 0 saturated heterocycles. The zero-order valence-corrected chi connectivity index (χ0v) is 10.1. The molecule has 0 aliphatic carbocycles. The van der Waals surface area contributed by atoms with Gasteiger partial charge >= 0.3 is 6.18 Å². The molecular weight excluding hydrogens is 259 g/mol. The van der Waals surface area contributed by atoms with Crippen LogP contribution in [0.1, 0.15) is 18.1 Å². The third-order valence-corrected chi connectivity index (χ3v) is 2.28. The van der Waals surface area contributed by atoms with Crippen LogP contribution in [0.5, 0.6) is 0 Å². The molecule has 2 N–H and O–H groups in total. The summed E-state index contributed by atoms with van der Waals surface area (Å²) in [5, 5.41) is 14.0. The molecule has 102 valence electrons. The Hall–Kier alpha value is -2.07. The molecule has 4 nitrogen and oxygen atoms in total. The average Bonchev–Trinajstić information content (AvgIpc) is 2.35. The van der Waals surface area contributed by atoms with Crippen molar-refractivity contribution in [2.24, 2.45) is 0 Å². The van der Waals surface area contributed by atoms with E-state index < -0.39 is 17.6 Å². The van der Waals surface area contributed by atoms with Crippen LogP contribution < -0.4 is 10.6 Å². The number of nitrogens with zero attached hydrogens (tertiary/aromatic N) is 1. The van der Waals surface area contributed by atoms with Gasteiger partial charge in [0.2, 0.25) is 5.91 Å². The van der Waals surface area contributed by atoms with Crippen LogP contribution in [0.25, 0.3) is 0 Å². The summed E-state index contributed by atoms with van der Waals surface area (Å²) in [6.07, 6.45) is -4.52. The van der Waals surface area contributed by atoms with Crippen LogP contribution in [0.4, 0.5) is 18.9 Å². The highest BCUT2D eigenvalue weighted by atomic mass is 19.4. The van der Waals surface area contributed by atoms with Gasteiger partial charge in [-0.2, -0.15) is 18.4 Å². The predicted molar refractivity (Wildman–Crippen MR) is 63.3 cm³/mol. The summed E-state index contributed by atoms with van der Waals surface area (Å²) >= 11 is 0. The highest BCUT2D eigenvalue weighted by molar-refractivity contribution is 5.93. The number of carbonyl (C=O) groups is 1. The minimum absolute atomic E-state index is 0.0301. The van der Waals surface area contributed by atoms with Gasteiger partial charge in [-0.05, 0) is 24.7 Å². The van der Waals surface area contributed by atoms with E-state index in [0.717, 1.165) is 12.1 Å². The van der Waals surface area contributed by atoms with E-state index in [1.807, 2.05) is 6.92 Å². The van der Waals surface area contributed by atoms with Gasteiger partial charge < -0.3 is 10.6 Å². The van der Waals surface area contributed by atoms with E-state index in [4.69, 9.17) is 5.26 Å². The number of anilines is 1. The number of rotatable bonds is 4. The Morgan fingerprint density at radius 2 is 2.11 bits per heavy atom. The average molecular weight is 271 g/mol. The van der Waals surface area contributed by atoms with Gasteiger partial charge in [0.15, 0.2) is 0 Å². The largest absolute Gasteiger partial charge is 0.416 e. The first-order valence-electron chi connectivity index (χ1n) is 5.50. The number of amides is 1. The van der Waals surface area contributed by atoms with Crippen LogP contribution in [0.2, 0.25) is 0 Å². The molecule has 1 aromatic rings. The Kier molecular flexibility index (Phi) is 4.89. The van der Waals surface area contributed by atoms with E-state index in [2.05, 4.69) is 10.6 Å². The summed E-state index contributed by atoms with van der Waals surface area (Å²) in [6, 6.07) is 4.24. The lowest BCUT2D eigenvalue weighted by molar-refractivity contribution is -0.137. The molecule has 0 saturated carbocycles. The minimum Gasteiger partial charge on any atom is -0.324 e. The van der Waals surface area contributed by atoms with Crippen molar-refractivity contribution < 1.29 is 18.0 Å². The number of likely N-dealkylation sites (N-methyl/N-ethyl adjacent to an activating group) is 1. The van der Waals surface area contributed by atoms with Crippen LogP contribution in [0.15, 0.2) is 18.2 Å². The number of hydrogen-bond donors (Lipinski definition) is 2. The topological polar surface area (TPSA) is 64.9 Å². The fourth-order valence-electron chi connectivity index (χ4n) is 1.36. The Balaban J connectivity index is 2.92. The van der Waals surface area contributed by atoms with E-state index in [9.17, 15) is 18.0 Å². The molecule has 1 aromatic carbocycles. The van der Waals surface area contributed by atoms with Crippen molar-refractivity contribution >= 4 is 11.6 Å². The maximum atomic E-state index is 12.5. The molecule has 0 heterocycles. The molecular formula is C12H12F3N3O. The lowest BCUT2D eigenvalue weighted by Gasteiger charge is -2.11. The van der Waals surface area contributed by atoms with Gasteiger partial charge in [0.1, 0.15) is 6.07 Å². The Labute approximate surface area is 108 Å². The second-order valence-corrected chi connectivity index (χ2v) is 3.70. The van der Waals surface area contributed by atoms with Crippen molar-refractivity contribution in [2.45, 2.75) is 13.1 Å². The van der Waals surface area contributed by atoms with Crippen LogP contribution in [0, 0.1) is 11.3 Å². The molecule has 0 atom stereocenters. The molecule has 0 aliphatic rings. The summed E-state index contributed by atoms with van der Waals surface area (Å²) in [5.74, 6) is -0.418. The Morgan fingerprint density at radius 3 is 2.63 bits per heavy atom. The first-order valence-corrected chi connectivity index (χ1v) is 5.50. The maximum absolute atomic E-state index is 12.5. The summed E-state index contributed by atoms with van der Waals surface area (Å²) in [7, 11) is 0. The van der Waals surface area contributed by atoms with E-state index >= 15 is 0 Å². The fraction of sp³-hybridized carbons (Fsp3) is 0.333. The molecule has 1 rings (SSSR count). The SMILES string of the molecule is CCNCC(=O)Nc1ccc(C(F)(F)F)cc1C#N. The lowest BCUT2D eigenvalue weighted by Crippen LogP contribution is -2.28. The number of nitriles is 1. The first-order chi connectivity index (χ1) is 8.88. The number of nitrogens with one attached hydrogen (secondary N) is 2. The molecule has 0 unspecified atom stereocenters. The second-order valence-electron chi connectivity index (χ2n) is 3.70. The van der Waals surface area contributed by atoms with Gasteiger partial charge in [0.25, 0.3) is 0 Å². The molecule has 19 heavy (non-hydrogen) atoms. The van der Waals surface area contributed by atoms with Gasteiger partial charge in [-0.1, -0.05) is 6.92 Å². The van der Waals surface area contributed by atoms with Crippen molar-refractivity contribution in [3.63, 3.8) is 0 Å².